The molecular weight excluding hydrogens is 480 g/mol. The van der Waals surface area contributed by atoms with E-state index in [1.807, 2.05) is 38.1 Å². The monoisotopic (exact) mass is 498 g/mol. The molecule has 0 spiro atoms. The van der Waals surface area contributed by atoms with Crippen LogP contribution in [0.15, 0.2) is 63.5 Å². The number of thiophene rings is 1. The van der Waals surface area contributed by atoms with Gasteiger partial charge in [0.15, 0.2) is 5.78 Å². The lowest BCUT2D eigenvalue weighted by Crippen LogP contribution is -2.42. The van der Waals surface area contributed by atoms with E-state index in [1.54, 1.807) is 11.0 Å². The SMILES string of the molecule is CC1(C)CC(=O)C2=C(C1)N(c1cccc(Br)c1)C(N)=C(C#N)C2c1ccc([N+](=O)[O-])s1. The van der Waals surface area contributed by atoms with Crippen LogP contribution in [0.25, 0.3) is 0 Å². The predicted octanol–water partition coefficient (Wildman–Crippen LogP) is 5.36. The maximum atomic E-state index is 13.4. The average Bonchev–Trinajstić information content (AvgIpc) is 3.16. The van der Waals surface area contributed by atoms with E-state index in [1.165, 1.54) is 6.07 Å². The van der Waals surface area contributed by atoms with E-state index < -0.39 is 10.8 Å². The lowest BCUT2D eigenvalue weighted by molar-refractivity contribution is -0.380. The number of benzene rings is 1. The van der Waals surface area contributed by atoms with Gasteiger partial charge >= 0.3 is 5.00 Å². The van der Waals surface area contributed by atoms with Gasteiger partial charge in [0.1, 0.15) is 5.82 Å². The molecule has 1 aromatic carbocycles. The van der Waals surface area contributed by atoms with E-state index in [-0.39, 0.29) is 27.6 Å². The molecule has 0 saturated carbocycles. The molecule has 1 aliphatic heterocycles. The Hall–Kier alpha value is -2.96. The summed E-state index contributed by atoms with van der Waals surface area (Å²) in [5, 5.41) is 21.2. The molecule has 4 rings (SSSR count). The smallest absolute Gasteiger partial charge is 0.324 e. The molecule has 1 aliphatic carbocycles. The molecule has 0 radical (unpaired) electrons. The van der Waals surface area contributed by atoms with E-state index in [2.05, 4.69) is 22.0 Å². The molecule has 7 nitrogen and oxygen atoms in total. The number of carbonyl (C=O) groups excluding carboxylic acids is 1. The van der Waals surface area contributed by atoms with Gasteiger partial charge in [-0.25, -0.2) is 0 Å². The highest BCUT2D eigenvalue weighted by Crippen LogP contribution is 2.51. The standard InChI is InChI=1S/C22H19BrN4O3S/c1-22(2)9-15-20(16(28)10-22)19(17-6-7-18(31-17)27(29)30)14(11-24)21(25)26(15)13-5-3-4-12(23)8-13/h3-8,19H,9-10,25H2,1-2H3. The van der Waals surface area contributed by atoms with Crippen molar-refractivity contribution >= 4 is 43.7 Å². The summed E-state index contributed by atoms with van der Waals surface area (Å²) in [6.07, 6.45) is 0.921. The van der Waals surface area contributed by atoms with Crippen molar-refractivity contribution in [3.63, 3.8) is 0 Å². The van der Waals surface area contributed by atoms with Gasteiger partial charge in [-0.2, -0.15) is 5.26 Å². The van der Waals surface area contributed by atoms with Crippen molar-refractivity contribution in [3.8, 4) is 6.07 Å². The van der Waals surface area contributed by atoms with Crippen molar-refractivity contribution < 1.29 is 9.72 Å². The third-order valence-corrected chi connectivity index (χ3v) is 7.12. The van der Waals surface area contributed by atoms with E-state index in [4.69, 9.17) is 5.73 Å². The maximum absolute atomic E-state index is 13.4. The molecule has 158 valence electrons. The summed E-state index contributed by atoms with van der Waals surface area (Å²) in [4.78, 5) is 26.5. The second-order valence-corrected chi connectivity index (χ2v) is 10.4. The van der Waals surface area contributed by atoms with Crippen LogP contribution in [0.5, 0.6) is 0 Å². The van der Waals surface area contributed by atoms with E-state index in [0.717, 1.165) is 27.2 Å². The van der Waals surface area contributed by atoms with Gasteiger partial charge in [0.05, 0.1) is 22.5 Å². The summed E-state index contributed by atoms with van der Waals surface area (Å²) in [7, 11) is 0. The van der Waals surface area contributed by atoms with Gasteiger partial charge in [0.25, 0.3) is 0 Å². The van der Waals surface area contributed by atoms with Crippen LogP contribution in [0.3, 0.4) is 0 Å². The molecule has 2 heterocycles. The third-order valence-electron chi connectivity index (χ3n) is 5.52. The molecule has 1 unspecified atom stereocenters. The number of nitrogens with zero attached hydrogens (tertiary/aromatic N) is 3. The lowest BCUT2D eigenvalue weighted by Gasteiger charge is -2.43. The molecule has 9 heteroatoms. The molecule has 2 aromatic rings. The Morgan fingerprint density at radius 1 is 1.32 bits per heavy atom. The number of Topliss-reactive ketones (excluding diaryl/α,β-unsaturated/α-hetero) is 1. The number of carbonyl (C=O) groups is 1. The van der Waals surface area contributed by atoms with Gasteiger partial charge in [-0.15, -0.1) is 0 Å². The zero-order chi connectivity index (χ0) is 22.5. The number of halogens is 1. The lowest BCUT2D eigenvalue weighted by atomic mass is 9.69. The Morgan fingerprint density at radius 3 is 2.68 bits per heavy atom. The van der Waals surface area contributed by atoms with Crippen molar-refractivity contribution in [2.45, 2.75) is 32.6 Å². The average molecular weight is 499 g/mol. The van der Waals surface area contributed by atoms with Crippen molar-refractivity contribution in [2.75, 3.05) is 4.90 Å². The number of rotatable bonds is 3. The number of nitrogens with two attached hydrogens (primary N) is 1. The summed E-state index contributed by atoms with van der Waals surface area (Å²) >= 11 is 4.45. The minimum Gasteiger partial charge on any atom is -0.384 e. The van der Waals surface area contributed by atoms with E-state index >= 15 is 0 Å². The Balaban J connectivity index is 1.99. The quantitative estimate of drug-likeness (QED) is 0.449. The highest BCUT2D eigenvalue weighted by molar-refractivity contribution is 9.10. The van der Waals surface area contributed by atoms with Crippen LogP contribution in [0.1, 0.15) is 37.5 Å². The normalized spacial score (nSPS) is 20.5. The van der Waals surface area contributed by atoms with Gasteiger partial charge in [-0.3, -0.25) is 19.8 Å². The van der Waals surface area contributed by atoms with Gasteiger partial charge in [0, 0.05) is 38.8 Å². The van der Waals surface area contributed by atoms with Gasteiger partial charge in [-0.1, -0.05) is 47.2 Å². The first kappa shape index (κ1) is 21.3. The number of ketones is 1. The molecule has 2 N–H and O–H groups in total. The van der Waals surface area contributed by atoms with Gasteiger partial charge in [0.2, 0.25) is 0 Å². The molecule has 0 bridgehead atoms. The summed E-state index contributed by atoms with van der Waals surface area (Å²) in [6, 6.07) is 12.7. The molecule has 1 atom stereocenters. The number of nitriles is 1. The van der Waals surface area contributed by atoms with Crippen LogP contribution in [-0.4, -0.2) is 10.7 Å². The molecule has 2 aliphatic rings. The zero-order valence-electron chi connectivity index (χ0n) is 16.9. The van der Waals surface area contributed by atoms with Gasteiger partial charge in [-0.05, 0) is 36.1 Å². The fraction of sp³-hybridized carbons (Fsp3) is 0.273. The third kappa shape index (κ3) is 3.66. The van der Waals surface area contributed by atoms with Crippen molar-refractivity contribution in [3.05, 3.63) is 78.5 Å². The first-order valence-electron chi connectivity index (χ1n) is 9.59. The number of hydrogen-bond donors (Lipinski definition) is 1. The topological polar surface area (TPSA) is 113 Å². The van der Waals surface area contributed by atoms with Crippen LogP contribution in [0, 0.1) is 26.9 Å². The van der Waals surface area contributed by atoms with Crippen LogP contribution >= 0.6 is 27.3 Å². The molecular formula is C22H19BrN4O3S. The summed E-state index contributed by atoms with van der Waals surface area (Å²) < 4.78 is 0.843. The number of hydrogen-bond acceptors (Lipinski definition) is 7. The van der Waals surface area contributed by atoms with Crippen LogP contribution in [-0.2, 0) is 4.79 Å². The Labute approximate surface area is 191 Å². The van der Waals surface area contributed by atoms with Crippen LogP contribution in [0.2, 0.25) is 0 Å². The van der Waals surface area contributed by atoms with Crippen molar-refractivity contribution in [1.29, 1.82) is 5.26 Å². The Morgan fingerprint density at radius 2 is 2.06 bits per heavy atom. The number of anilines is 1. The predicted molar refractivity (Wildman–Crippen MR) is 122 cm³/mol. The zero-order valence-corrected chi connectivity index (χ0v) is 19.3. The molecule has 0 amide bonds. The summed E-state index contributed by atoms with van der Waals surface area (Å²) in [5.41, 5.74) is 8.48. The summed E-state index contributed by atoms with van der Waals surface area (Å²) in [5.74, 6) is -0.524. The first-order chi connectivity index (χ1) is 14.6. The van der Waals surface area contributed by atoms with Crippen LogP contribution < -0.4 is 10.6 Å². The van der Waals surface area contributed by atoms with E-state index in [0.29, 0.717) is 23.3 Å². The largest absolute Gasteiger partial charge is 0.384 e. The second-order valence-electron chi connectivity index (χ2n) is 8.39. The number of nitro groups is 1. The second kappa shape index (κ2) is 7.62. The van der Waals surface area contributed by atoms with E-state index in [9.17, 15) is 20.2 Å². The minimum absolute atomic E-state index is 0.0361. The maximum Gasteiger partial charge on any atom is 0.324 e. The number of allylic oxidation sites excluding steroid dienone is 3. The highest BCUT2D eigenvalue weighted by atomic mass is 79.9. The Bertz CT molecular complexity index is 1220. The van der Waals surface area contributed by atoms with Crippen LogP contribution in [0.4, 0.5) is 10.7 Å². The minimum atomic E-state index is -0.703. The Kier molecular flexibility index (Phi) is 5.23. The fourth-order valence-electron chi connectivity index (χ4n) is 4.30. The van der Waals surface area contributed by atoms with Crippen molar-refractivity contribution in [2.24, 2.45) is 11.1 Å². The van der Waals surface area contributed by atoms with Gasteiger partial charge < -0.3 is 5.73 Å². The molecule has 0 fully saturated rings. The van der Waals surface area contributed by atoms with Crippen molar-refractivity contribution in [1.82, 2.24) is 0 Å². The molecule has 1 aromatic heterocycles. The first-order valence-corrected chi connectivity index (χ1v) is 11.2. The fourth-order valence-corrected chi connectivity index (χ4v) is 5.63. The molecule has 31 heavy (non-hydrogen) atoms. The molecule has 0 saturated heterocycles. The summed E-state index contributed by atoms with van der Waals surface area (Å²) in [6.45, 7) is 4.05. The highest BCUT2D eigenvalue weighted by Gasteiger charge is 2.45.